The Hall–Kier alpha value is -0.900. The van der Waals surface area contributed by atoms with Gasteiger partial charge in [0.15, 0.2) is 0 Å². The molecule has 1 aromatic rings. The number of benzene rings is 1. The summed E-state index contributed by atoms with van der Waals surface area (Å²) in [6.45, 7) is 3.37. The van der Waals surface area contributed by atoms with Gasteiger partial charge in [-0.15, -0.1) is 0 Å². The van der Waals surface area contributed by atoms with Gasteiger partial charge in [-0.1, -0.05) is 24.3 Å². The first-order chi connectivity index (χ1) is 7.83. The lowest BCUT2D eigenvalue weighted by molar-refractivity contribution is 0.211. The molecule has 1 heterocycles. The summed E-state index contributed by atoms with van der Waals surface area (Å²) in [5, 5.41) is 12.2. The van der Waals surface area contributed by atoms with Crippen LogP contribution in [-0.4, -0.2) is 36.2 Å². The Morgan fingerprint density at radius 3 is 2.44 bits per heavy atom. The van der Waals surface area contributed by atoms with Crippen molar-refractivity contribution < 1.29 is 5.11 Å². The molecule has 1 unspecified atom stereocenters. The van der Waals surface area contributed by atoms with E-state index >= 15 is 0 Å². The minimum absolute atomic E-state index is 0.220. The third-order valence-corrected chi connectivity index (χ3v) is 3.33. The molecule has 16 heavy (non-hydrogen) atoms. The molecule has 0 fully saturated rings. The summed E-state index contributed by atoms with van der Waals surface area (Å²) in [4.78, 5) is 2.44. The highest BCUT2D eigenvalue weighted by atomic mass is 16.3. The van der Waals surface area contributed by atoms with Gasteiger partial charge in [0, 0.05) is 25.7 Å². The Labute approximate surface area is 97.1 Å². The van der Waals surface area contributed by atoms with E-state index < -0.39 is 0 Å². The summed E-state index contributed by atoms with van der Waals surface area (Å²) in [6.07, 6.45) is 1.00. The van der Waals surface area contributed by atoms with E-state index in [-0.39, 0.29) is 12.6 Å². The van der Waals surface area contributed by atoms with Crippen molar-refractivity contribution in [2.24, 2.45) is 0 Å². The first kappa shape index (κ1) is 11.6. The molecule has 2 N–H and O–H groups in total. The molecule has 0 aliphatic carbocycles. The van der Waals surface area contributed by atoms with Crippen molar-refractivity contribution in [1.82, 2.24) is 10.2 Å². The SMILES string of the molecule is CNC(CO)CCN1Cc2ccccc2C1. The molecule has 1 aliphatic heterocycles. The number of aliphatic hydroxyl groups is 1. The van der Waals surface area contributed by atoms with Crippen molar-refractivity contribution in [2.75, 3.05) is 20.2 Å². The monoisotopic (exact) mass is 220 g/mol. The highest BCUT2D eigenvalue weighted by Gasteiger charge is 2.18. The Morgan fingerprint density at radius 2 is 1.94 bits per heavy atom. The van der Waals surface area contributed by atoms with Crippen LogP contribution in [0.1, 0.15) is 17.5 Å². The second-order valence-corrected chi connectivity index (χ2v) is 4.44. The largest absolute Gasteiger partial charge is 0.395 e. The molecule has 1 atom stereocenters. The van der Waals surface area contributed by atoms with Crippen molar-refractivity contribution >= 4 is 0 Å². The van der Waals surface area contributed by atoms with E-state index in [0.717, 1.165) is 26.1 Å². The molecule has 0 amide bonds. The summed E-state index contributed by atoms with van der Waals surface area (Å²) in [5.41, 5.74) is 2.90. The van der Waals surface area contributed by atoms with Crippen molar-refractivity contribution in [3.05, 3.63) is 35.4 Å². The maximum Gasteiger partial charge on any atom is 0.0585 e. The smallest absolute Gasteiger partial charge is 0.0585 e. The van der Waals surface area contributed by atoms with Crippen LogP contribution in [0.25, 0.3) is 0 Å². The summed E-state index contributed by atoms with van der Waals surface area (Å²) in [7, 11) is 1.90. The Kier molecular flexibility index (Phi) is 3.93. The number of fused-ring (bicyclic) bond motifs is 1. The molecule has 0 bridgehead atoms. The molecule has 3 nitrogen and oxygen atoms in total. The number of likely N-dealkylation sites (N-methyl/N-ethyl adjacent to an activating group) is 1. The molecule has 2 rings (SSSR count). The van der Waals surface area contributed by atoms with Crippen molar-refractivity contribution in [2.45, 2.75) is 25.6 Å². The molecule has 0 radical (unpaired) electrons. The fourth-order valence-corrected chi connectivity index (χ4v) is 2.23. The van der Waals surface area contributed by atoms with Crippen LogP contribution in [-0.2, 0) is 13.1 Å². The van der Waals surface area contributed by atoms with Crippen LogP contribution in [0, 0.1) is 0 Å². The van der Waals surface area contributed by atoms with Crippen LogP contribution in [0.15, 0.2) is 24.3 Å². The van der Waals surface area contributed by atoms with Crippen LogP contribution < -0.4 is 5.32 Å². The average molecular weight is 220 g/mol. The zero-order valence-electron chi connectivity index (χ0n) is 9.82. The highest BCUT2D eigenvalue weighted by molar-refractivity contribution is 5.30. The molecule has 0 saturated carbocycles. The number of nitrogens with zero attached hydrogens (tertiary/aromatic N) is 1. The quantitative estimate of drug-likeness (QED) is 0.776. The van der Waals surface area contributed by atoms with Crippen molar-refractivity contribution in [3.63, 3.8) is 0 Å². The zero-order valence-corrected chi connectivity index (χ0v) is 9.82. The maximum absolute atomic E-state index is 9.09. The second kappa shape index (κ2) is 5.43. The molecular weight excluding hydrogens is 200 g/mol. The van der Waals surface area contributed by atoms with Gasteiger partial charge in [-0.3, -0.25) is 4.90 Å². The number of nitrogens with one attached hydrogen (secondary N) is 1. The van der Waals surface area contributed by atoms with Crippen LogP contribution >= 0.6 is 0 Å². The molecule has 0 saturated heterocycles. The van der Waals surface area contributed by atoms with Crippen LogP contribution in [0.3, 0.4) is 0 Å². The zero-order chi connectivity index (χ0) is 11.4. The predicted octanol–water partition coefficient (Wildman–Crippen LogP) is 0.973. The number of hydrogen-bond acceptors (Lipinski definition) is 3. The maximum atomic E-state index is 9.09. The summed E-state index contributed by atoms with van der Waals surface area (Å²) >= 11 is 0. The van der Waals surface area contributed by atoms with E-state index in [9.17, 15) is 0 Å². The van der Waals surface area contributed by atoms with E-state index in [1.165, 1.54) is 11.1 Å². The van der Waals surface area contributed by atoms with E-state index in [0.29, 0.717) is 0 Å². The molecule has 1 aliphatic rings. The highest BCUT2D eigenvalue weighted by Crippen LogP contribution is 2.22. The van der Waals surface area contributed by atoms with Crippen LogP contribution in [0.2, 0.25) is 0 Å². The molecule has 0 spiro atoms. The summed E-state index contributed by atoms with van der Waals surface area (Å²) in [5.74, 6) is 0. The van der Waals surface area contributed by atoms with Gasteiger partial charge in [-0.25, -0.2) is 0 Å². The summed E-state index contributed by atoms with van der Waals surface area (Å²) < 4.78 is 0. The molecule has 1 aromatic carbocycles. The first-order valence-corrected chi connectivity index (χ1v) is 5.90. The van der Waals surface area contributed by atoms with Gasteiger partial charge in [0.05, 0.1) is 6.61 Å². The van der Waals surface area contributed by atoms with Gasteiger partial charge in [0.1, 0.15) is 0 Å². The normalized spacial score (nSPS) is 17.4. The third-order valence-electron chi connectivity index (χ3n) is 3.33. The van der Waals surface area contributed by atoms with Crippen LogP contribution in [0.5, 0.6) is 0 Å². The minimum Gasteiger partial charge on any atom is -0.395 e. The minimum atomic E-state index is 0.220. The van der Waals surface area contributed by atoms with Crippen molar-refractivity contribution in [1.29, 1.82) is 0 Å². The van der Waals surface area contributed by atoms with E-state index in [4.69, 9.17) is 5.11 Å². The van der Waals surface area contributed by atoms with Crippen LogP contribution in [0.4, 0.5) is 0 Å². The lowest BCUT2D eigenvalue weighted by Crippen LogP contribution is -2.33. The fraction of sp³-hybridized carbons (Fsp3) is 0.538. The lowest BCUT2D eigenvalue weighted by Gasteiger charge is -2.19. The van der Waals surface area contributed by atoms with Gasteiger partial charge >= 0.3 is 0 Å². The standard InChI is InChI=1S/C13H20N2O/c1-14-13(10-16)6-7-15-8-11-4-2-3-5-12(11)9-15/h2-5,13-14,16H,6-10H2,1H3. The fourth-order valence-electron chi connectivity index (χ4n) is 2.23. The molecule has 88 valence electrons. The Balaban J connectivity index is 1.83. The van der Waals surface area contributed by atoms with Gasteiger partial charge < -0.3 is 10.4 Å². The molecule has 0 aromatic heterocycles. The third kappa shape index (κ3) is 2.61. The van der Waals surface area contributed by atoms with Gasteiger partial charge in [-0.05, 0) is 24.6 Å². The van der Waals surface area contributed by atoms with E-state index in [1.807, 2.05) is 7.05 Å². The van der Waals surface area contributed by atoms with E-state index in [1.54, 1.807) is 0 Å². The number of aliphatic hydroxyl groups excluding tert-OH is 1. The van der Waals surface area contributed by atoms with Crippen molar-refractivity contribution in [3.8, 4) is 0 Å². The van der Waals surface area contributed by atoms with Gasteiger partial charge in [0.25, 0.3) is 0 Å². The topological polar surface area (TPSA) is 35.5 Å². The Bertz CT molecular complexity index is 311. The first-order valence-electron chi connectivity index (χ1n) is 5.90. The number of rotatable bonds is 5. The Morgan fingerprint density at radius 1 is 1.31 bits per heavy atom. The number of hydrogen-bond donors (Lipinski definition) is 2. The molecule has 3 heteroatoms. The lowest BCUT2D eigenvalue weighted by atomic mass is 10.1. The second-order valence-electron chi connectivity index (χ2n) is 4.44. The predicted molar refractivity (Wildman–Crippen MR) is 65.1 cm³/mol. The van der Waals surface area contributed by atoms with Gasteiger partial charge in [-0.2, -0.15) is 0 Å². The summed E-state index contributed by atoms with van der Waals surface area (Å²) in [6, 6.07) is 8.84. The van der Waals surface area contributed by atoms with Gasteiger partial charge in [0.2, 0.25) is 0 Å². The van der Waals surface area contributed by atoms with E-state index in [2.05, 4.69) is 34.5 Å². The molecular formula is C13H20N2O. The average Bonchev–Trinajstić information content (AvgIpc) is 2.73.